The summed E-state index contributed by atoms with van der Waals surface area (Å²) >= 11 is 5.68. The second-order valence-electron chi connectivity index (χ2n) is 6.44. The van der Waals surface area contributed by atoms with Gasteiger partial charge in [-0.25, -0.2) is 4.98 Å². The van der Waals surface area contributed by atoms with E-state index >= 15 is 0 Å². The number of carbonyl (C=O) groups excluding carboxylic acids is 2. The highest BCUT2D eigenvalue weighted by molar-refractivity contribution is 6.30. The molecule has 1 aliphatic carbocycles. The van der Waals surface area contributed by atoms with Crippen LogP contribution in [0.3, 0.4) is 0 Å². The van der Waals surface area contributed by atoms with Gasteiger partial charge in [0.05, 0.1) is 5.02 Å². The van der Waals surface area contributed by atoms with Gasteiger partial charge in [-0.2, -0.15) is 0 Å². The molecule has 1 aromatic rings. The van der Waals surface area contributed by atoms with Crippen LogP contribution in [0.4, 0.5) is 5.82 Å². The zero-order valence-electron chi connectivity index (χ0n) is 15.8. The quantitative estimate of drug-likeness (QED) is 0.764. The third-order valence-corrected chi connectivity index (χ3v) is 4.28. The Morgan fingerprint density at radius 3 is 2.42 bits per heavy atom. The molecule has 26 heavy (non-hydrogen) atoms. The van der Waals surface area contributed by atoms with Crippen molar-refractivity contribution < 1.29 is 9.59 Å². The first kappa shape index (κ1) is 22.0. The molecule has 0 atom stereocenters. The lowest BCUT2D eigenvalue weighted by Crippen LogP contribution is -2.30. The molecule has 0 aromatic carbocycles. The second kappa shape index (κ2) is 11.5. The number of allylic oxidation sites excluding steroid dienone is 1. The molecule has 7 heteroatoms. The number of hydrogen-bond acceptors (Lipinski definition) is 4. The van der Waals surface area contributed by atoms with E-state index in [0.29, 0.717) is 28.4 Å². The summed E-state index contributed by atoms with van der Waals surface area (Å²) in [5.74, 6) is 0.690. The van der Waals surface area contributed by atoms with Crippen molar-refractivity contribution in [2.45, 2.75) is 45.4 Å². The lowest BCUT2D eigenvalue weighted by Gasteiger charge is -2.23. The summed E-state index contributed by atoms with van der Waals surface area (Å²) in [5, 5.41) is 3.37. The van der Waals surface area contributed by atoms with Crippen molar-refractivity contribution in [3.8, 4) is 0 Å². The molecule has 3 N–H and O–H groups in total. The average molecular weight is 381 g/mol. The van der Waals surface area contributed by atoms with Gasteiger partial charge in [-0.15, -0.1) is 0 Å². The Bertz CT molecular complexity index is 608. The molecule has 0 saturated heterocycles. The summed E-state index contributed by atoms with van der Waals surface area (Å²) in [6, 6.07) is 3.36. The van der Waals surface area contributed by atoms with Gasteiger partial charge in [0.1, 0.15) is 11.5 Å². The highest BCUT2D eigenvalue weighted by Gasteiger charge is 2.21. The Balaban J connectivity index is 0.000000273. The normalized spacial score (nSPS) is 14.8. The number of anilines is 1. The number of nitrogens with two attached hydrogens (primary N) is 1. The van der Waals surface area contributed by atoms with Gasteiger partial charge in [-0.05, 0) is 31.4 Å². The number of nitrogens with one attached hydrogen (secondary N) is 1. The average Bonchev–Trinajstić information content (AvgIpc) is 2.63. The number of amides is 2. The molecule has 6 nitrogen and oxygen atoms in total. The van der Waals surface area contributed by atoms with E-state index < -0.39 is 5.91 Å². The van der Waals surface area contributed by atoms with Crippen LogP contribution in [0.2, 0.25) is 5.02 Å². The number of primary amides is 1. The Kier molecular flexibility index (Phi) is 9.73. The van der Waals surface area contributed by atoms with Gasteiger partial charge in [-0.3, -0.25) is 9.59 Å². The van der Waals surface area contributed by atoms with Crippen LogP contribution in [0.1, 0.15) is 45.4 Å². The third kappa shape index (κ3) is 7.87. The molecule has 0 spiro atoms. The number of pyridine rings is 1. The van der Waals surface area contributed by atoms with Gasteiger partial charge in [0, 0.05) is 26.2 Å². The summed E-state index contributed by atoms with van der Waals surface area (Å²) in [7, 11) is 3.69. The molecular weight excluding hydrogens is 352 g/mol. The van der Waals surface area contributed by atoms with Crippen LogP contribution < -0.4 is 11.1 Å². The van der Waals surface area contributed by atoms with E-state index in [-0.39, 0.29) is 0 Å². The van der Waals surface area contributed by atoms with E-state index in [1.54, 1.807) is 23.1 Å². The maximum atomic E-state index is 11.4. The number of rotatable bonds is 5. The van der Waals surface area contributed by atoms with Crippen molar-refractivity contribution in [1.29, 1.82) is 0 Å². The van der Waals surface area contributed by atoms with Gasteiger partial charge in [-0.1, -0.05) is 43.9 Å². The van der Waals surface area contributed by atoms with Crippen LogP contribution in [0, 0.1) is 5.92 Å². The zero-order valence-corrected chi connectivity index (χ0v) is 16.6. The predicted molar refractivity (Wildman–Crippen MR) is 106 cm³/mol. The van der Waals surface area contributed by atoms with Gasteiger partial charge in [0.2, 0.25) is 5.91 Å². The summed E-state index contributed by atoms with van der Waals surface area (Å²) in [6.45, 7) is 1.92. The molecule has 1 aromatic heterocycles. The summed E-state index contributed by atoms with van der Waals surface area (Å²) in [6.07, 6.45) is 9.94. The maximum Gasteiger partial charge on any atom is 0.264 e. The van der Waals surface area contributed by atoms with Crippen LogP contribution in [-0.2, 0) is 9.59 Å². The fourth-order valence-electron chi connectivity index (χ4n) is 2.72. The van der Waals surface area contributed by atoms with E-state index in [1.165, 1.54) is 25.5 Å². The standard InChI is InChI=1S/C10H12ClN3O.C9H17NO/c1-2-3-8(10(12)15)14-9-5-4-7(11)6-13-9;1-10(2)9(11)8-6-4-3-5-7-8/h3-6H,2H2,1H3,(H2,12,15)(H,13,14);8H,3-7H2,1-2H3/b8-3+;. The fourth-order valence-corrected chi connectivity index (χ4v) is 2.83. The molecule has 1 heterocycles. The van der Waals surface area contributed by atoms with E-state index in [4.69, 9.17) is 17.3 Å². The van der Waals surface area contributed by atoms with Crippen LogP contribution in [0.5, 0.6) is 0 Å². The van der Waals surface area contributed by atoms with Gasteiger partial charge in [0.15, 0.2) is 0 Å². The van der Waals surface area contributed by atoms with Gasteiger partial charge < -0.3 is 16.0 Å². The van der Waals surface area contributed by atoms with Crippen LogP contribution in [-0.4, -0.2) is 35.8 Å². The van der Waals surface area contributed by atoms with E-state index in [1.807, 2.05) is 21.0 Å². The van der Waals surface area contributed by atoms with Crippen molar-refractivity contribution in [2.75, 3.05) is 19.4 Å². The summed E-state index contributed by atoms with van der Waals surface area (Å²) < 4.78 is 0. The number of hydrogen-bond donors (Lipinski definition) is 2. The first-order valence-corrected chi connectivity index (χ1v) is 9.32. The Morgan fingerprint density at radius 2 is 1.96 bits per heavy atom. The topological polar surface area (TPSA) is 88.3 Å². The zero-order chi connectivity index (χ0) is 19.5. The molecule has 2 rings (SSSR count). The number of halogens is 1. The van der Waals surface area contributed by atoms with E-state index in [0.717, 1.165) is 19.3 Å². The largest absolute Gasteiger partial charge is 0.364 e. The molecule has 1 aliphatic rings. The molecule has 0 aliphatic heterocycles. The van der Waals surface area contributed by atoms with E-state index in [2.05, 4.69) is 10.3 Å². The minimum absolute atomic E-state index is 0.324. The van der Waals surface area contributed by atoms with E-state index in [9.17, 15) is 9.59 Å². The minimum Gasteiger partial charge on any atom is -0.364 e. The molecule has 0 radical (unpaired) electrons. The minimum atomic E-state index is -0.506. The molecule has 0 unspecified atom stereocenters. The molecule has 2 amide bonds. The number of nitrogens with zero attached hydrogens (tertiary/aromatic N) is 2. The van der Waals surface area contributed by atoms with Gasteiger partial charge in [0.25, 0.3) is 5.91 Å². The molecule has 0 bridgehead atoms. The number of aromatic nitrogens is 1. The highest BCUT2D eigenvalue weighted by Crippen LogP contribution is 2.24. The molecule has 1 fully saturated rings. The Hall–Kier alpha value is -2.08. The van der Waals surface area contributed by atoms with Crippen molar-refractivity contribution in [1.82, 2.24) is 9.88 Å². The third-order valence-electron chi connectivity index (χ3n) is 4.06. The van der Waals surface area contributed by atoms with Crippen molar-refractivity contribution in [2.24, 2.45) is 11.7 Å². The second-order valence-corrected chi connectivity index (χ2v) is 6.88. The lowest BCUT2D eigenvalue weighted by atomic mass is 9.88. The van der Waals surface area contributed by atoms with Crippen LogP contribution >= 0.6 is 11.6 Å². The summed E-state index contributed by atoms with van der Waals surface area (Å²) in [5.41, 5.74) is 5.52. The van der Waals surface area contributed by atoms with Gasteiger partial charge >= 0.3 is 0 Å². The molecular formula is C19H29ClN4O2. The van der Waals surface area contributed by atoms with Crippen molar-refractivity contribution in [3.05, 3.63) is 35.1 Å². The summed E-state index contributed by atoms with van der Waals surface area (Å²) in [4.78, 5) is 28.1. The smallest absolute Gasteiger partial charge is 0.264 e. The Labute approximate surface area is 160 Å². The monoisotopic (exact) mass is 380 g/mol. The SMILES string of the molecule is CC/C=C(/Nc1ccc(Cl)cn1)C(N)=O.CN(C)C(=O)C1CCCCC1. The molecule has 1 saturated carbocycles. The first-order valence-electron chi connectivity index (χ1n) is 8.94. The van der Waals surface area contributed by atoms with Crippen LogP contribution in [0.15, 0.2) is 30.1 Å². The first-order chi connectivity index (χ1) is 12.3. The van der Waals surface area contributed by atoms with Crippen molar-refractivity contribution >= 4 is 29.2 Å². The van der Waals surface area contributed by atoms with Crippen LogP contribution in [0.25, 0.3) is 0 Å². The highest BCUT2D eigenvalue weighted by atomic mass is 35.5. The maximum absolute atomic E-state index is 11.4. The molecule has 144 valence electrons. The lowest BCUT2D eigenvalue weighted by molar-refractivity contribution is -0.133. The predicted octanol–water partition coefficient (Wildman–Crippen LogP) is 3.58. The Morgan fingerprint density at radius 1 is 1.31 bits per heavy atom. The van der Waals surface area contributed by atoms with Crippen molar-refractivity contribution in [3.63, 3.8) is 0 Å². The fraction of sp³-hybridized carbons (Fsp3) is 0.526. The number of carbonyl (C=O) groups is 2.